The smallest absolute Gasteiger partial charge is 0.242 e. The molecule has 0 unspecified atom stereocenters. The van der Waals surface area contributed by atoms with Crippen LogP contribution in [0.3, 0.4) is 0 Å². The zero-order valence-electron chi connectivity index (χ0n) is 11.3. The van der Waals surface area contributed by atoms with E-state index in [0.29, 0.717) is 6.54 Å². The summed E-state index contributed by atoms with van der Waals surface area (Å²) in [6, 6.07) is 6.18. The summed E-state index contributed by atoms with van der Waals surface area (Å²) in [7, 11) is 1.85. The summed E-state index contributed by atoms with van der Waals surface area (Å²) in [5, 5.41) is 0. The van der Waals surface area contributed by atoms with Crippen molar-refractivity contribution in [3.8, 4) is 0 Å². The van der Waals surface area contributed by atoms with E-state index in [1.807, 2.05) is 33.0 Å². The minimum Gasteiger partial charge on any atom is -0.399 e. The number of hydrogen-bond acceptors (Lipinski definition) is 3. The van der Waals surface area contributed by atoms with Gasteiger partial charge in [0.2, 0.25) is 5.91 Å². The maximum Gasteiger partial charge on any atom is 0.242 e. The number of hydrogen-bond donors (Lipinski definition) is 1. The zero-order valence-corrected chi connectivity index (χ0v) is 11.3. The Balaban J connectivity index is 2.10. The molecule has 0 atom stereocenters. The van der Waals surface area contributed by atoms with Crippen molar-refractivity contribution in [1.82, 2.24) is 4.90 Å². The molecule has 1 aromatic carbocycles. The third-order valence-electron chi connectivity index (χ3n) is 3.60. The number of likely N-dealkylation sites (N-methyl/N-ethyl adjacent to an activating group) is 1. The number of carbonyl (C=O) groups excluding carboxylic acids is 1. The number of carbonyl (C=O) groups is 1. The van der Waals surface area contributed by atoms with Crippen molar-refractivity contribution in [2.75, 3.05) is 30.8 Å². The van der Waals surface area contributed by atoms with Gasteiger partial charge >= 0.3 is 0 Å². The van der Waals surface area contributed by atoms with Crippen LogP contribution in [-0.2, 0) is 11.2 Å². The van der Waals surface area contributed by atoms with Crippen molar-refractivity contribution in [3.05, 3.63) is 23.8 Å². The average molecular weight is 247 g/mol. The van der Waals surface area contributed by atoms with Crippen LogP contribution < -0.4 is 10.6 Å². The molecular weight excluding hydrogens is 226 g/mol. The van der Waals surface area contributed by atoms with Crippen LogP contribution in [-0.4, -0.2) is 37.0 Å². The molecule has 0 fully saturated rings. The Labute approximate surface area is 108 Å². The van der Waals surface area contributed by atoms with E-state index in [-0.39, 0.29) is 11.9 Å². The van der Waals surface area contributed by atoms with Crippen molar-refractivity contribution < 1.29 is 4.79 Å². The summed E-state index contributed by atoms with van der Waals surface area (Å²) in [6.07, 6.45) is 0.994. The van der Waals surface area contributed by atoms with Crippen molar-refractivity contribution in [2.24, 2.45) is 0 Å². The van der Waals surface area contributed by atoms with Gasteiger partial charge in [-0.2, -0.15) is 0 Å². The lowest BCUT2D eigenvalue weighted by Gasteiger charge is -2.26. The molecule has 0 radical (unpaired) electrons. The molecule has 2 rings (SSSR count). The molecule has 4 heteroatoms. The summed E-state index contributed by atoms with van der Waals surface area (Å²) >= 11 is 0. The lowest BCUT2D eigenvalue weighted by atomic mass is 10.1. The van der Waals surface area contributed by atoms with Crippen molar-refractivity contribution in [3.63, 3.8) is 0 Å². The monoisotopic (exact) mass is 247 g/mol. The predicted octanol–water partition coefficient (Wildman–Crippen LogP) is 1.50. The fraction of sp³-hybridized carbons (Fsp3) is 0.500. The third-order valence-corrected chi connectivity index (χ3v) is 3.60. The van der Waals surface area contributed by atoms with E-state index >= 15 is 0 Å². The molecule has 0 spiro atoms. The Morgan fingerprint density at radius 3 is 2.89 bits per heavy atom. The Morgan fingerprint density at radius 1 is 1.50 bits per heavy atom. The quantitative estimate of drug-likeness (QED) is 0.823. The van der Waals surface area contributed by atoms with Gasteiger partial charge in [0.25, 0.3) is 0 Å². The van der Waals surface area contributed by atoms with Gasteiger partial charge in [-0.15, -0.1) is 0 Å². The van der Waals surface area contributed by atoms with Gasteiger partial charge in [0.15, 0.2) is 0 Å². The molecule has 0 bridgehead atoms. The number of benzene rings is 1. The number of nitrogens with two attached hydrogens (primary N) is 1. The lowest BCUT2D eigenvalue weighted by molar-refractivity contribution is -0.129. The molecule has 0 aliphatic carbocycles. The van der Waals surface area contributed by atoms with Gasteiger partial charge in [-0.25, -0.2) is 0 Å². The summed E-state index contributed by atoms with van der Waals surface area (Å²) < 4.78 is 0. The fourth-order valence-corrected chi connectivity index (χ4v) is 2.19. The fourth-order valence-electron chi connectivity index (χ4n) is 2.19. The molecule has 1 aliphatic rings. The molecule has 98 valence electrons. The molecule has 0 saturated heterocycles. The first kappa shape index (κ1) is 12.7. The summed E-state index contributed by atoms with van der Waals surface area (Å²) in [5.74, 6) is 0.153. The molecular formula is C14H21N3O. The maximum absolute atomic E-state index is 12.1. The Morgan fingerprint density at radius 2 is 2.22 bits per heavy atom. The minimum atomic E-state index is 0.153. The molecule has 0 saturated carbocycles. The number of nitrogens with zero attached hydrogens (tertiary/aromatic N) is 2. The SMILES string of the molecule is CC(C)N(C)C(=O)CN1CCc2ccc(N)cc21. The topological polar surface area (TPSA) is 49.6 Å². The molecule has 1 aliphatic heterocycles. The highest BCUT2D eigenvalue weighted by Crippen LogP contribution is 2.29. The minimum absolute atomic E-state index is 0.153. The van der Waals surface area contributed by atoms with E-state index in [2.05, 4.69) is 11.0 Å². The summed E-state index contributed by atoms with van der Waals surface area (Å²) in [4.78, 5) is 16.0. The number of amides is 1. The molecule has 1 amide bonds. The van der Waals surface area contributed by atoms with E-state index in [1.165, 1.54) is 5.56 Å². The first-order chi connectivity index (χ1) is 8.49. The van der Waals surface area contributed by atoms with Crippen molar-refractivity contribution >= 4 is 17.3 Å². The number of rotatable bonds is 3. The summed E-state index contributed by atoms with van der Waals surface area (Å²) in [5.41, 5.74) is 8.96. The Kier molecular flexibility index (Phi) is 3.45. The molecule has 1 heterocycles. The van der Waals surface area contributed by atoms with Gasteiger partial charge in [-0.3, -0.25) is 4.79 Å². The van der Waals surface area contributed by atoms with E-state index in [1.54, 1.807) is 4.90 Å². The Hall–Kier alpha value is -1.71. The normalized spacial score (nSPS) is 13.9. The van der Waals surface area contributed by atoms with Crippen LogP contribution in [0.2, 0.25) is 0 Å². The van der Waals surface area contributed by atoms with Crippen LogP contribution in [0, 0.1) is 0 Å². The first-order valence-electron chi connectivity index (χ1n) is 6.38. The second-order valence-corrected chi connectivity index (χ2v) is 5.16. The van der Waals surface area contributed by atoms with Crippen LogP contribution >= 0.6 is 0 Å². The average Bonchev–Trinajstić information content (AvgIpc) is 2.70. The maximum atomic E-state index is 12.1. The molecule has 1 aromatic rings. The van der Waals surface area contributed by atoms with E-state index in [0.717, 1.165) is 24.3 Å². The Bertz CT molecular complexity index is 456. The predicted molar refractivity (Wildman–Crippen MR) is 74.7 cm³/mol. The van der Waals surface area contributed by atoms with Crippen LogP contribution in [0.25, 0.3) is 0 Å². The van der Waals surface area contributed by atoms with Gasteiger partial charge < -0.3 is 15.5 Å². The number of nitrogen functional groups attached to an aromatic ring is 1. The van der Waals surface area contributed by atoms with Gasteiger partial charge in [0.1, 0.15) is 0 Å². The van der Waals surface area contributed by atoms with Crippen LogP contribution in [0.5, 0.6) is 0 Å². The van der Waals surface area contributed by atoms with E-state index in [9.17, 15) is 4.79 Å². The van der Waals surface area contributed by atoms with Crippen LogP contribution in [0.4, 0.5) is 11.4 Å². The second kappa shape index (κ2) is 4.88. The molecule has 2 N–H and O–H groups in total. The first-order valence-corrected chi connectivity index (χ1v) is 6.38. The van der Waals surface area contributed by atoms with E-state index < -0.39 is 0 Å². The van der Waals surface area contributed by atoms with Gasteiger partial charge in [-0.1, -0.05) is 6.07 Å². The largest absolute Gasteiger partial charge is 0.399 e. The van der Waals surface area contributed by atoms with E-state index in [4.69, 9.17) is 5.73 Å². The highest BCUT2D eigenvalue weighted by Gasteiger charge is 2.23. The lowest BCUT2D eigenvalue weighted by Crippen LogP contribution is -2.41. The molecule has 4 nitrogen and oxygen atoms in total. The highest BCUT2D eigenvalue weighted by atomic mass is 16.2. The zero-order chi connectivity index (χ0) is 13.3. The van der Waals surface area contributed by atoms with Gasteiger partial charge in [-0.05, 0) is 38.0 Å². The third kappa shape index (κ3) is 2.42. The summed E-state index contributed by atoms with van der Waals surface area (Å²) in [6.45, 7) is 5.38. The van der Waals surface area contributed by atoms with Crippen LogP contribution in [0.1, 0.15) is 19.4 Å². The molecule has 0 aromatic heterocycles. The molecule has 18 heavy (non-hydrogen) atoms. The highest BCUT2D eigenvalue weighted by molar-refractivity contribution is 5.82. The van der Waals surface area contributed by atoms with Crippen molar-refractivity contribution in [2.45, 2.75) is 26.3 Å². The van der Waals surface area contributed by atoms with Gasteiger partial charge in [0.05, 0.1) is 6.54 Å². The number of anilines is 2. The standard InChI is InChI=1S/C14H21N3O/c1-10(2)16(3)14(18)9-17-7-6-11-4-5-12(15)8-13(11)17/h4-5,8,10H,6-7,9,15H2,1-3H3. The van der Waals surface area contributed by atoms with Gasteiger partial charge in [0, 0.05) is 31.0 Å². The number of fused-ring (bicyclic) bond motifs is 1. The van der Waals surface area contributed by atoms with Crippen molar-refractivity contribution in [1.29, 1.82) is 0 Å². The second-order valence-electron chi connectivity index (χ2n) is 5.16. The van der Waals surface area contributed by atoms with Crippen LogP contribution in [0.15, 0.2) is 18.2 Å².